The molecule has 2 aromatic carbocycles. The first-order valence-corrected chi connectivity index (χ1v) is 7.71. The van der Waals surface area contributed by atoms with Crippen LogP contribution in [0.1, 0.15) is 30.4 Å². The maximum atomic E-state index is 9.26. The van der Waals surface area contributed by atoms with Crippen LogP contribution in [0.4, 0.5) is 0 Å². The van der Waals surface area contributed by atoms with Gasteiger partial charge in [0.1, 0.15) is 0 Å². The molecule has 1 atom stereocenters. The molecule has 0 aromatic heterocycles. The van der Waals surface area contributed by atoms with E-state index in [0.717, 1.165) is 26.1 Å². The van der Waals surface area contributed by atoms with Gasteiger partial charge in [0.15, 0.2) is 0 Å². The van der Waals surface area contributed by atoms with Gasteiger partial charge in [0.2, 0.25) is 0 Å². The van der Waals surface area contributed by atoms with Crippen molar-refractivity contribution in [2.45, 2.75) is 25.8 Å². The van der Waals surface area contributed by atoms with Crippen LogP contribution in [-0.2, 0) is 6.54 Å². The van der Waals surface area contributed by atoms with Crippen molar-refractivity contribution < 1.29 is 5.11 Å². The quantitative estimate of drug-likeness (QED) is 0.799. The Balaban J connectivity index is 1.88. The minimum Gasteiger partial charge on any atom is -0.395 e. The van der Waals surface area contributed by atoms with Gasteiger partial charge in [-0.2, -0.15) is 0 Å². The molecule has 0 aliphatic heterocycles. The minimum absolute atomic E-state index is 0.215. The van der Waals surface area contributed by atoms with Crippen molar-refractivity contribution in [3.8, 4) is 0 Å². The number of aliphatic hydroxyl groups is 1. The van der Waals surface area contributed by atoms with Gasteiger partial charge in [0.25, 0.3) is 0 Å². The third-order valence-electron chi connectivity index (χ3n) is 3.91. The van der Waals surface area contributed by atoms with Crippen LogP contribution in [0.5, 0.6) is 0 Å². The normalized spacial score (nSPS) is 12.5. The Morgan fingerprint density at radius 2 is 1.52 bits per heavy atom. The highest BCUT2D eigenvalue weighted by atomic mass is 16.3. The third-order valence-corrected chi connectivity index (χ3v) is 3.91. The highest BCUT2D eigenvalue weighted by Crippen LogP contribution is 2.19. The van der Waals surface area contributed by atoms with Gasteiger partial charge in [-0.15, -0.1) is 0 Å². The Morgan fingerprint density at radius 1 is 0.905 bits per heavy atom. The Labute approximate surface area is 128 Å². The standard InChI is InChI=1S/C19H25NO/c1-17(19-10-6-3-7-11-19)12-13-20(14-15-21)16-18-8-4-2-5-9-18/h2-11,17,21H,12-16H2,1H3. The second-order valence-corrected chi connectivity index (χ2v) is 5.59. The van der Waals surface area contributed by atoms with E-state index in [0.29, 0.717) is 5.92 Å². The molecule has 0 bridgehead atoms. The van der Waals surface area contributed by atoms with E-state index in [4.69, 9.17) is 0 Å². The molecule has 1 N–H and O–H groups in total. The van der Waals surface area contributed by atoms with E-state index in [2.05, 4.69) is 66.4 Å². The van der Waals surface area contributed by atoms with Crippen molar-refractivity contribution in [2.24, 2.45) is 0 Å². The Hall–Kier alpha value is -1.64. The monoisotopic (exact) mass is 283 g/mol. The predicted octanol–water partition coefficient (Wildman–Crippen LogP) is 3.67. The number of aliphatic hydroxyl groups excluding tert-OH is 1. The summed E-state index contributed by atoms with van der Waals surface area (Å²) in [5.74, 6) is 0.545. The molecule has 112 valence electrons. The second-order valence-electron chi connectivity index (χ2n) is 5.59. The fourth-order valence-corrected chi connectivity index (χ4v) is 2.58. The largest absolute Gasteiger partial charge is 0.395 e. The molecule has 2 aromatic rings. The van der Waals surface area contributed by atoms with Crippen LogP contribution < -0.4 is 0 Å². The zero-order valence-corrected chi connectivity index (χ0v) is 12.8. The molecular weight excluding hydrogens is 258 g/mol. The summed E-state index contributed by atoms with van der Waals surface area (Å²) in [6.07, 6.45) is 1.11. The van der Waals surface area contributed by atoms with Gasteiger partial charge in [-0.1, -0.05) is 67.6 Å². The SMILES string of the molecule is CC(CCN(CCO)Cc1ccccc1)c1ccccc1. The van der Waals surface area contributed by atoms with E-state index in [1.165, 1.54) is 11.1 Å². The molecule has 0 heterocycles. The molecule has 2 heteroatoms. The topological polar surface area (TPSA) is 23.5 Å². The first kappa shape index (κ1) is 15.7. The van der Waals surface area contributed by atoms with E-state index in [9.17, 15) is 5.11 Å². The molecule has 1 unspecified atom stereocenters. The van der Waals surface area contributed by atoms with Crippen molar-refractivity contribution in [3.63, 3.8) is 0 Å². The van der Waals surface area contributed by atoms with Gasteiger partial charge < -0.3 is 5.11 Å². The number of rotatable bonds is 8. The smallest absolute Gasteiger partial charge is 0.0558 e. The van der Waals surface area contributed by atoms with Crippen LogP contribution in [0.3, 0.4) is 0 Å². The lowest BCUT2D eigenvalue weighted by Crippen LogP contribution is -2.28. The lowest BCUT2D eigenvalue weighted by atomic mass is 9.97. The maximum Gasteiger partial charge on any atom is 0.0558 e. The van der Waals surface area contributed by atoms with Gasteiger partial charge >= 0.3 is 0 Å². The first-order valence-electron chi connectivity index (χ1n) is 7.71. The van der Waals surface area contributed by atoms with Gasteiger partial charge in [-0.3, -0.25) is 4.90 Å². The Kier molecular flexibility index (Phi) is 6.45. The molecule has 2 nitrogen and oxygen atoms in total. The van der Waals surface area contributed by atoms with Crippen molar-refractivity contribution in [1.82, 2.24) is 4.90 Å². The molecule has 0 amide bonds. The highest BCUT2D eigenvalue weighted by molar-refractivity contribution is 5.18. The van der Waals surface area contributed by atoms with E-state index in [1.54, 1.807) is 0 Å². The lowest BCUT2D eigenvalue weighted by molar-refractivity contribution is 0.186. The average molecular weight is 283 g/mol. The van der Waals surface area contributed by atoms with Gasteiger partial charge in [0.05, 0.1) is 6.61 Å². The highest BCUT2D eigenvalue weighted by Gasteiger charge is 2.10. The maximum absolute atomic E-state index is 9.26. The summed E-state index contributed by atoms with van der Waals surface area (Å²) in [5, 5.41) is 9.26. The van der Waals surface area contributed by atoms with Gasteiger partial charge in [-0.25, -0.2) is 0 Å². The zero-order valence-electron chi connectivity index (χ0n) is 12.8. The Bertz CT molecular complexity index is 497. The molecule has 0 aliphatic carbocycles. The van der Waals surface area contributed by atoms with Crippen LogP contribution in [-0.4, -0.2) is 29.7 Å². The van der Waals surface area contributed by atoms with Gasteiger partial charge in [-0.05, 0) is 30.0 Å². The number of benzene rings is 2. The number of hydrogen-bond donors (Lipinski definition) is 1. The summed E-state index contributed by atoms with van der Waals surface area (Å²) in [6.45, 7) is 5.13. The molecule has 0 fully saturated rings. The molecule has 2 rings (SSSR count). The van der Waals surface area contributed by atoms with E-state index >= 15 is 0 Å². The van der Waals surface area contributed by atoms with Crippen molar-refractivity contribution >= 4 is 0 Å². The molecule has 0 saturated carbocycles. The lowest BCUT2D eigenvalue weighted by Gasteiger charge is -2.23. The summed E-state index contributed by atoms with van der Waals surface area (Å²) in [6, 6.07) is 21.1. The van der Waals surface area contributed by atoms with Crippen LogP contribution in [0, 0.1) is 0 Å². The predicted molar refractivity (Wildman–Crippen MR) is 88.3 cm³/mol. The fraction of sp³-hybridized carbons (Fsp3) is 0.368. The number of nitrogens with zero attached hydrogens (tertiary/aromatic N) is 1. The molecule has 0 saturated heterocycles. The summed E-state index contributed by atoms with van der Waals surface area (Å²) in [5.41, 5.74) is 2.69. The summed E-state index contributed by atoms with van der Waals surface area (Å²) < 4.78 is 0. The molecule has 21 heavy (non-hydrogen) atoms. The Morgan fingerprint density at radius 3 is 2.14 bits per heavy atom. The van der Waals surface area contributed by atoms with E-state index in [1.807, 2.05) is 6.07 Å². The van der Waals surface area contributed by atoms with Crippen molar-refractivity contribution in [2.75, 3.05) is 19.7 Å². The van der Waals surface area contributed by atoms with Crippen molar-refractivity contribution in [1.29, 1.82) is 0 Å². The van der Waals surface area contributed by atoms with E-state index < -0.39 is 0 Å². The summed E-state index contributed by atoms with van der Waals surface area (Å²) in [4.78, 5) is 2.33. The molecule has 0 radical (unpaired) electrons. The minimum atomic E-state index is 0.215. The second kappa shape index (κ2) is 8.60. The molecule has 0 spiro atoms. The van der Waals surface area contributed by atoms with Crippen LogP contribution in [0.2, 0.25) is 0 Å². The first-order chi connectivity index (χ1) is 10.3. The van der Waals surface area contributed by atoms with Gasteiger partial charge in [0, 0.05) is 13.1 Å². The third kappa shape index (κ3) is 5.33. The van der Waals surface area contributed by atoms with Crippen LogP contribution in [0.25, 0.3) is 0 Å². The summed E-state index contributed by atoms with van der Waals surface area (Å²) in [7, 11) is 0. The van der Waals surface area contributed by atoms with Crippen LogP contribution in [0.15, 0.2) is 60.7 Å². The fourth-order valence-electron chi connectivity index (χ4n) is 2.58. The van der Waals surface area contributed by atoms with Crippen molar-refractivity contribution in [3.05, 3.63) is 71.8 Å². The average Bonchev–Trinajstić information content (AvgIpc) is 2.54. The number of hydrogen-bond acceptors (Lipinski definition) is 2. The van der Waals surface area contributed by atoms with E-state index in [-0.39, 0.29) is 6.61 Å². The molecular formula is C19H25NO. The summed E-state index contributed by atoms with van der Waals surface area (Å²) >= 11 is 0. The van der Waals surface area contributed by atoms with Crippen LogP contribution >= 0.6 is 0 Å². The molecule has 0 aliphatic rings. The zero-order chi connectivity index (χ0) is 14.9.